The number of hydrogen-bond acceptors (Lipinski definition) is 7. The van der Waals surface area contributed by atoms with Crippen LogP contribution in [0, 0.1) is 0 Å². The first kappa shape index (κ1) is 25.4. The van der Waals surface area contributed by atoms with Crippen LogP contribution in [-0.2, 0) is 30.4 Å². The summed E-state index contributed by atoms with van der Waals surface area (Å²) in [4.78, 5) is 38.5. The van der Waals surface area contributed by atoms with Gasteiger partial charge >= 0.3 is 18.0 Å². The van der Waals surface area contributed by atoms with Crippen LogP contribution in [0.25, 0.3) is 0 Å². The maximum absolute atomic E-state index is 12.6. The van der Waals surface area contributed by atoms with E-state index in [-0.39, 0.29) is 13.2 Å². The summed E-state index contributed by atoms with van der Waals surface area (Å²) in [7, 11) is 0. The molecule has 1 atom stereocenters. The summed E-state index contributed by atoms with van der Waals surface area (Å²) < 4.78 is 15.9. The lowest BCUT2D eigenvalue weighted by atomic mass is 10.0. The summed E-state index contributed by atoms with van der Waals surface area (Å²) in [6.07, 6.45) is -0.777. The summed E-state index contributed by atoms with van der Waals surface area (Å²) in [5.74, 6) is -1.34. The zero-order chi connectivity index (χ0) is 23.2. The van der Waals surface area contributed by atoms with Crippen molar-refractivity contribution in [1.29, 1.82) is 0 Å². The molecule has 0 heterocycles. The molecule has 0 spiro atoms. The molecular formula is C22H34N2O6. The molecular weight excluding hydrogens is 388 g/mol. The third-order valence-electron chi connectivity index (χ3n) is 3.59. The van der Waals surface area contributed by atoms with Crippen LogP contribution in [0.1, 0.15) is 54.0 Å². The van der Waals surface area contributed by atoms with E-state index >= 15 is 0 Å². The normalized spacial score (nSPS) is 13.7. The van der Waals surface area contributed by atoms with Gasteiger partial charge in [-0.1, -0.05) is 30.3 Å². The average Bonchev–Trinajstić information content (AvgIpc) is 2.56. The van der Waals surface area contributed by atoms with Gasteiger partial charge in [0.1, 0.15) is 29.9 Å². The highest BCUT2D eigenvalue weighted by Crippen LogP contribution is 2.15. The Hall–Kier alpha value is -2.61. The number of nitrogens with zero attached hydrogens (tertiary/aromatic N) is 1. The van der Waals surface area contributed by atoms with Gasteiger partial charge in [0, 0.05) is 0 Å². The van der Waals surface area contributed by atoms with E-state index in [1.807, 2.05) is 30.3 Å². The van der Waals surface area contributed by atoms with Crippen molar-refractivity contribution >= 4 is 18.0 Å². The average molecular weight is 423 g/mol. The maximum atomic E-state index is 12.6. The maximum Gasteiger partial charge on any atom is 0.410 e. The van der Waals surface area contributed by atoms with Crippen LogP contribution in [0.3, 0.4) is 0 Å². The fourth-order valence-corrected chi connectivity index (χ4v) is 2.39. The van der Waals surface area contributed by atoms with Crippen molar-refractivity contribution in [3.63, 3.8) is 0 Å². The van der Waals surface area contributed by atoms with Crippen LogP contribution in [0.15, 0.2) is 30.3 Å². The molecule has 1 aromatic carbocycles. The van der Waals surface area contributed by atoms with Crippen LogP contribution >= 0.6 is 0 Å². The molecule has 0 saturated heterocycles. The molecule has 8 nitrogen and oxygen atoms in total. The lowest BCUT2D eigenvalue weighted by molar-refractivity contribution is -0.158. The summed E-state index contributed by atoms with van der Waals surface area (Å²) >= 11 is 0. The van der Waals surface area contributed by atoms with E-state index in [9.17, 15) is 14.4 Å². The van der Waals surface area contributed by atoms with Gasteiger partial charge in [0.15, 0.2) is 0 Å². The van der Waals surface area contributed by atoms with Gasteiger partial charge < -0.3 is 19.9 Å². The number of ether oxygens (including phenoxy) is 3. The van der Waals surface area contributed by atoms with Crippen molar-refractivity contribution in [2.75, 3.05) is 13.1 Å². The van der Waals surface area contributed by atoms with Crippen LogP contribution < -0.4 is 5.73 Å². The van der Waals surface area contributed by atoms with E-state index in [1.165, 1.54) is 6.92 Å². The Bertz CT molecular complexity index is 732. The lowest BCUT2D eigenvalue weighted by Gasteiger charge is -2.32. The minimum Gasteiger partial charge on any atom is -0.459 e. The van der Waals surface area contributed by atoms with E-state index in [2.05, 4.69) is 0 Å². The third-order valence-corrected chi connectivity index (χ3v) is 3.59. The molecule has 1 rings (SSSR count). The molecule has 1 amide bonds. The molecule has 1 unspecified atom stereocenters. The van der Waals surface area contributed by atoms with Crippen molar-refractivity contribution in [2.24, 2.45) is 5.73 Å². The molecule has 0 saturated carbocycles. The summed E-state index contributed by atoms with van der Waals surface area (Å²) in [5.41, 5.74) is 3.88. The van der Waals surface area contributed by atoms with E-state index in [0.717, 1.165) is 10.5 Å². The van der Waals surface area contributed by atoms with Gasteiger partial charge in [-0.2, -0.15) is 0 Å². The number of carbonyl (C=O) groups excluding carboxylic acids is 3. The van der Waals surface area contributed by atoms with Crippen molar-refractivity contribution < 1.29 is 28.6 Å². The lowest BCUT2D eigenvalue weighted by Crippen LogP contribution is -2.57. The van der Waals surface area contributed by atoms with E-state index < -0.39 is 41.3 Å². The standard InChI is InChI=1S/C22H34N2O6/c1-20(2,3)29-17(25)13-24(19(27)30-21(4,5)6)15-22(7,23)18(26)28-14-16-11-9-8-10-12-16/h8-12H,13-15,23H2,1-7H3. The highest BCUT2D eigenvalue weighted by Gasteiger charge is 2.37. The zero-order valence-corrected chi connectivity index (χ0v) is 19.0. The van der Waals surface area contributed by atoms with Crippen LogP contribution in [-0.4, -0.2) is 52.8 Å². The van der Waals surface area contributed by atoms with E-state index in [1.54, 1.807) is 41.5 Å². The summed E-state index contributed by atoms with van der Waals surface area (Å²) in [5, 5.41) is 0. The molecule has 168 valence electrons. The van der Waals surface area contributed by atoms with Crippen molar-refractivity contribution in [2.45, 2.75) is 71.8 Å². The van der Waals surface area contributed by atoms with Gasteiger partial charge in [0.2, 0.25) is 0 Å². The SMILES string of the molecule is CC(C)(C)OC(=O)CN(CC(C)(N)C(=O)OCc1ccccc1)C(=O)OC(C)(C)C. The predicted octanol–water partition coefficient (Wildman–Crippen LogP) is 3.03. The minimum absolute atomic E-state index is 0.0466. The van der Waals surface area contributed by atoms with Gasteiger partial charge in [-0.05, 0) is 54.0 Å². The van der Waals surface area contributed by atoms with Gasteiger partial charge in [-0.25, -0.2) is 9.59 Å². The Morgan fingerprint density at radius 3 is 1.93 bits per heavy atom. The van der Waals surface area contributed by atoms with Gasteiger partial charge in [-0.15, -0.1) is 0 Å². The zero-order valence-electron chi connectivity index (χ0n) is 19.0. The van der Waals surface area contributed by atoms with Crippen molar-refractivity contribution in [1.82, 2.24) is 4.90 Å². The monoisotopic (exact) mass is 422 g/mol. The Labute approximate surface area is 178 Å². The van der Waals surface area contributed by atoms with Crippen molar-refractivity contribution in [3.8, 4) is 0 Å². The van der Waals surface area contributed by atoms with E-state index in [4.69, 9.17) is 19.9 Å². The number of benzene rings is 1. The summed E-state index contributed by atoms with van der Waals surface area (Å²) in [6, 6.07) is 9.15. The molecule has 0 aromatic heterocycles. The molecule has 0 aliphatic carbocycles. The number of amides is 1. The number of esters is 2. The molecule has 0 bridgehead atoms. The fourth-order valence-electron chi connectivity index (χ4n) is 2.39. The smallest absolute Gasteiger partial charge is 0.410 e. The molecule has 8 heteroatoms. The molecule has 30 heavy (non-hydrogen) atoms. The second-order valence-electron chi connectivity index (χ2n) is 9.40. The van der Waals surface area contributed by atoms with E-state index in [0.29, 0.717) is 0 Å². The first-order valence-electron chi connectivity index (χ1n) is 9.79. The molecule has 0 aliphatic heterocycles. The first-order valence-corrected chi connectivity index (χ1v) is 9.79. The second-order valence-corrected chi connectivity index (χ2v) is 9.40. The molecule has 1 aromatic rings. The number of hydrogen-bond donors (Lipinski definition) is 1. The second kappa shape index (κ2) is 9.93. The third kappa shape index (κ3) is 9.73. The molecule has 0 aliphatic rings. The van der Waals surface area contributed by atoms with Gasteiger partial charge in [0.25, 0.3) is 0 Å². The minimum atomic E-state index is -1.56. The van der Waals surface area contributed by atoms with Crippen LogP contribution in [0.5, 0.6) is 0 Å². The quantitative estimate of drug-likeness (QED) is 0.531. The largest absolute Gasteiger partial charge is 0.459 e. The molecule has 0 radical (unpaired) electrons. The van der Waals surface area contributed by atoms with Crippen LogP contribution in [0.4, 0.5) is 4.79 Å². The Kier molecular flexibility index (Phi) is 8.42. The first-order chi connectivity index (χ1) is 13.6. The highest BCUT2D eigenvalue weighted by molar-refractivity contribution is 5.83. The Morgan fingerprint density at radius 2 is 1.43 bits per heavy atom. The Balaban J connectivity index is 2.89. The van der Waals surface area contributed by atoms with Crippen molar-refractivity contribution in [3.05, 3.63) is 35.9 Å². The highest BCUT2D eigenvalue weighted by atomic mass is 16.6. The number of carbonyl (C=O) groups is 3. The van der Waals surface area contributed by atoms with Gasteiger partial charge in [0.05, 0.1) is 6.54 Å². The predicted molar refractivity (Wildman–Crippen MR) is 112 cm³/mol. The summed E-state index contributed by atoms with van der Waals surface area (Å²) in [6.45, 7) is 11.0. The Morgan fingerprint density at radius 1 is 0.900 bits per heavy atom. The fraction of sp³-hybridized carbons (Fsp3) is 0.591. The topological polar surface area (TPSA) is 108 Å². The number of nitrogens with two attached hydrogens (primary N) is 1. The van der Waals surface area contributed by atoms with Gasteiger partial charge in [-0.3, -0.25) is 9.69 Å². The molecule has 2 N–H and O–H groups in total. The molecule has 0 fully saturated rings. The van der Waals surface area contributed by atoms with Crippen LogP contribution in [0.2, 0.25) is 0 Å². The number of rotatable bonds is 7.